The number of nitrogens with zero attached hydrogens (tertiary/aromatic N) is 3. The summed E-state index contributed by atoms with van der Waals surface area (Å²) in [5.41, 5.74) is 1.57. The number of carbonyl (C=O) groups excluding carboxylic acids is 1. The molecule has 1 aromatic heterocycles. The third-order valence-corrected chi connectivity index (χ3v) is 5.02. The normalized spacial score (nSPS) is 12.1. The molecular formula is C20H19N3O4S. The molecule has 3 rings (SSSR count). The number of aromatic nitrogens is 1. The lowest BCUT2D eigenvalue weighted by molar-refractivity contribution is -0.384. The first kappa shape index (κ1) is 19.7. The molecule has 0 aliphatic rings. The van der Waals surface area contributed by atoms with E-state index in [0.29, 0.717) is 30.1 Å². The molecule has 8 heteroatoms. The summed E-state index contributed by atoms with van der Waals surface area (Å²) >= 11 is 1.32. The standard InChI is InChI=1S/C20H19N3O4S/c1-2-27-13-12-22-17-14-16(23(25)26)9-10-18(17)28-20(22)21-19(24)11-8-15-6-4-3-5-7-15/h3-11,14H,2,12-13H2,1H3. The summed E-state index contributed by atoms with van der Waals surface area (Å²) in [5, 5.41) is 11.1. The van der Waals surface area contributed by atoms with Crippen LogP contribution in [0.2, 0.25) is 0 Å². The summed E-state index contributed by atoms with van der Waals surface area (Å²) < 4.78 is 8.02. The van der Waals surface area contributed by atoms with Crippen LogP contribution in [0.1, 0.15) is 12.5 Å². The number of carbonyl (C=O) groups is 1. The molecule has 0 unspecified atom stereocenters. The number of rotatable bonds is 7. The van der Waals surface area contributed by atoms with Crippen LogP contribution >= 0.6 is 11.3 Å². The summed E-state index contributed by atoms with van der Waals surface area (Å²) in [6.45, 7) is 3.33. The molecule has 0 radical (unpaired) electrons. The van der Waals surface area contributed by atoms with Gasteiger partial charge in [-0.05, 0) is 24.6 Å². The topological polar surface area (TPSA) is 86.7 Å². The highest BCUT2D eigenvalue weighted by Crippen LogP contribution is 2.23. The van der Waals surface area contributed by atoms with E-state index in [2.05, 4.69) is 4.99 Å². The van der Waals surface area contributed by atoms with Crippen molar-refractivity contribution in [3.8, 4) is 0 Å². The summed E-state index contributed by atoms with van der Waals surface area (Å²) in [7, 11) is 0. The Bertz CT molecular complexity index is 1080. The fourth-order valence-electron chi connectivity index (χ4n) is 2.64. The molecule has 0 N–H and O–H groups in total. The van der Waals surface area contributed by atoms with E-state index in [1.807, 2.05) is 37.3 Å². The molecule has 144 valence electrons. The summed E-state index contributed by atoms with van der Waals surface area (Å²) in [4.78, 5) is 27.7. The van der Waals surface area contributed by atoms with Gasteiger partial charge in [0.15, 0.2) is 4.80 Å². The van der Waals surface area contributed by atoms with Crippen LogP contribution in [0.25, 0.3) is 16.3 Å². The van der Waals surface area contributed by atoms with Gasteiger partial charge in [0.2, 0.25) is 0 Å². The first-order valence-corrected chi connectivity index (χ1v) is 9.57. The summed E-state index contributed by atoms with van der Waals surface area (Å²) in [5.74, 6) is -0.393. The Morgan fingerprint density at radius 1 is 1.29 bits per heavy atom. The number of hydrogen-bond acceptors (Lipinski definition) is 5. The zero-order valence-corrected chi connectivity index (χ0v) is 16.1. The van der Waals surface area contributed by atoms with Gasteiger partial charge < -0.3 is 9.30 Å². The Morgan fingerprint density at radius 2 is 2.07 bits per heavy atom. The number of non-ortho nitro benzene ring substituents is 1. The molecule has 0 bridgehead atoms. The van der Waals surface area contributed by atoms with Gasteiger partial charge in [-0.3, -0.25) is 14.9 Å². The minimum atomic E-state index is -0.436. The van der Waals surface area contributed by atoms with Gasteiger partial charge in [-0.1, -0.05) is 41.7 Å². The molecule has 1 amide bonds. The Morgan fingerprint density at radius 3 is 2.79 bits per heavy atom. The molecule has 0 spiro atoms. The number of amides is 1. The van der Waals surface area contributed by atoms with Gasteiger partial charge in [-0.2, -0.15) is 4.99 Å². The molecule has 1 heterocycles. The van der Waals surface area contributed by atoms with Crippen LogP contribution in [0.15, 0.2) is 59.6 Å². The van der Waals surface area contributed by atoms with Crippen LogP contribution in [-0.4, -0.2) is 28.6 Å². The zero-order chi connectivity index (χ0) is 19.9. The summed E-state index contributed by atoms with van der Waals surface area (Å²) in [6, 6.07) is 14.1. The van der Waals surface area contributed by atoms with Crippen molar-refractivity contribution in [2.24, 2.45) is 4.99 Å². The van der Waals surface area contributed by atoms with Crippen molar-refractivity contribution < 1.29 is 14.5 Å². The van der Waals surface area contributed by atoms with Crippen LogP contribution in [0.5, 0.6) is 0 Å². The number of benzene rings is 2. The quantitative estimate of drug-likeness (QED) is 0.263. The third-order valence-electron chi connectivity index (χ3n) is 3.96. The molecular weight excluding hydrogens is 378 g/mol. The highest BCUT2D eigenvalue weighted by Gasteiger charge is 2.12. The Hall–Kier alpha value is -3.10. The smallest absolute Gasteiger partial charge is 0.272 e. The van der Waals surface area contributed by atoms with Gasteiger partial charge in [-0.25, -0.2) is 0 Å². The molecule has 0 aliphatic heterocycles. The lowest BCUT2D eigenvalue weighted by atomic mass is 10.2. The molecule has 3 aromatic rings. The van der Waals surface area contributed by atoms with Crippen LogP contribution in [-0.2, 0) is 16.1 Å². The lowest BCUT2D eigenvalue weighted by Gasteiger charge is -2.05. The average Bonchev–Trinajstić information content (AvgIpc) is 3.03. The number of ether oxygens (including phenoxy) is 1. The van der Waals surface area contributed by atoms with Gasteiger partial charge in [-0.15, -0.1) is 0 Å². The largest absolute Gasteiger partial charge is 0.380 e. The maximum atomic E-state index is 12.3. The van der Waals surface area contributed by atoms with E-state index in [4.69, 9.17) is 4.74 Å². The molecule has 0 saturated heterocycles. The second kappa shape index (κ2) is 9.20. The SMILES string of the molecule is CCOCCn1c(=NC(=O)C=Cc2ccccc2)sc2ccc([N+](=O)[O-])cc21. The van der Waals surface area contributed by atoms with Gasteiger partial charge in [0.05, 0.1) is 21.7 Å². The maximum Gasteiger partial charge on any atom is 0.272 e. The molecule has 0 aliphatic carbocycles. The van der Waals surface area contributed by atoms with E-state index >= 15 is 0 Å². The average molecular weight is 397 g/mol. The Labute approximate surface area is 165 Å². The summed E-state index contributed by atoms with van der Waals surface area (Å²) in [6.07, 6.45) is 3.11. The van der Waals surface area contributed by atoms with E-state index in [-0.39, 0.29) is 5.69 Å². The first-order valence-electron chi connectivity index (χ1n) is 8.76. The molecule has 0 fully saturated rings. The number of fused-ring (bicyclic) bond motifs is 1. The van der Waals surface area contributed by atoms with Gasteiger partial charge >= 0.3 is 0 Å². The van der Waals surface area contributed by atoms with Crippen molar-refractivity contribution in [3.05, 3.63) is 75.1 Å². The van der Waals surface area contributed by atoms with Gasteiger partial charge in [0, 0.05) is 31.4 Å². The molecule has 0 saturated carbocycles. The minimum absolute atomic E-state index is 0.00249. The monoisotopic (exact) mass is 397 g/mol. The number of nitro benzene ring substituents is 1. The van der Waals surface area contributed by atoms with E-state index in [1.54, 1.807) is 16.7 Å². The molecule has 0 atom stereocenters. The predicted molar refractivity (Wildman–Crippen MR) is 109 cm³/mol. The van der Waals surface area contributed by atoms with Crippen molar-refractivity contribution in [2.75, 3.05) is 13.2 Å². The Balaban J connectivity index is 1.99. The minimum Gasteiger partial charge on any atom is -0.380 e. The molecule has 2 aromatic carbocycles. The van der Waals surface area contributed by atoms with Crippen molar-refractivity contribution in [1.82, 2.24) is 4.57 Å². The van der Waals surface area contributed by atoms with Crippen LogP contribution in [0, 0.1) is 10.1 Å². The number of thiazole rings is 1. The number of hydrogen-bond donors (Lipinski definition) is 0. The predicted octanol–water partition coefficient (Wildman–Crippen LogP) is 3.79. The van der Waals surface area contributed by atoms with Crippen molar-refractivity contribution >= 4 is 39.2 Å². The van der Waals surface area contributed by atoms with E-state index in [0.717, 1.165) is 10.3 Å². The second-order valence-corrected chi connectivity index (χ2v) is 6.85. The molecule has 28 heavy (non-hydrogen) atoms. The second-order valence-electron chi connectivity index (χ2n) is 5.84. The molecule has 7 nitrogen and oxygen atoms in total. The fraction of sp³-hybridized carbons (Fsp3) is 0.200. The number of nitro groups is 1. The third kappa shape index (κ3) is 4.79. The van der Waals surface area contributed by atoms with E-state index < -0.39 is 10.8 Å². The van der Waals surface area contributed by atoms with Crippen LogP contribution in [0.3, 0.4) is 0 Å². The van der Waals surface area contributed by atoms with Gasteiger partial charge in [0.1, 0.15) is 0 Å². The fourth-order valence-corrected chi connectivity index (χ4v) is 3.68. The zero-order valence-electron chi connectivity index (χ0n) is 15.3. The van der Waals surface area contributed by atoms with Crippen molar-refractivity contribution in [3.63, 3.8) is 0 Å². The van der Waals surface area contributed by atoms with Crippen molar-refractivity contribution in [1.29, 1.82) is 0 Å². The van der Waals surface area contributed by atoms with Gasteiger partial charge in [0.25, 0.3) is 11.6 Å². The van der Waals surface area contributed by atoms with E-state index in [9.17, 15) is 14.9 Å². The highest BCUT2D eigenvalue weighted by atomic mass is 32.1. The first-order chi connectivity index (χ1) is 13.6. The van der Waals surface area contributed by atoms with Crippen LogP contribution < -0.4 is 4.80 Å². The van der Waals surface area contributed by atoms with Crippen molar-refractivity contribution in [2.45, 2.75) is 13.5 Å². The van der Waals surface area contributed by atoms with E-state index in [1.165, 1.54) is 29.5 Å². The maximum absolute atomic E-state index is 12.3. The lowest BCUT2D eigenvalue weighted by Crippen LogP contribution is -2.19. The highest BCUT2D eigenvalue weighted by molar-refractivity contribution is 7.16. The Kier molecular flexibility index (Phi) is 6.46. The van der Waals surface area contributed by atoms with Crippen LogP contribution in [0.4, 0.5) is 5.69 Å².